The van der Waals surface area contributed by atoms with E-state index in [1.165, 1.54) is 25.7 Å². The number of nitrogens with zero attached hydrogens (tertiary/aromatic N) is 3. The van der Waals surface area contributed by atoms with Crippen LogP contribution in [0.5, 0.6) is 0 Å². The zero-order valence-electron chi connectivity index (χ0n) is 32.2. The van der Waals surface area contributed by atoms with E-state index in [0.717, 1.165) is 90.4 Å². The van der Waals surface area contributed by atoms with Gasteiger partial charge in [-0.05, 0) is 91.1 Å². The zero-order chi connectivity index (χ0) is 37.3. The molecule has 8 fully saturated rings. The van der Waals surface area contributed by atoms with Crippen molar-refractivity contribution in [2.75, 3.05) is 52.6 Å². The number of hydrogen-bond acceptors (Lipinski definition) is 11. The number of nitrogens with one attached hydrogen (secondary N) is 1. The highest BCUT2D eigenvalue weighted by atomic mass is 16.5. The van der Waals surface area contributed by atoms with Crippen LogP contribution in [-0.4, -0.2) is 139 Å². The van der Waals surface area contributed by atoms with E-state index in [4.69, 9.17) is 18.9 Å². The molecule has 0 radical (unpaired) electrons. The van der Waals surface area contributed by atoms with Crippen LogP contribution >= 0.6 is 0 Å². The van der Waals surface area contributed by atoms with Gasteiger partial charge in [0, 0.05) is 44.1 Å². The number of likely N-dealkylation sites (tertiary alicyclic amines) is 1. The fourth-order valence-corrected chi connectivity index (χ4v) is 9.87. The predicted octanol–water partition coefficient (Wildman–Crippen LogP) is 3.40. The van der Waals surface area contributed by atoms with Crippen LogP contribution in [0.4, 0.5) is 0 Å². The van der Waals surface area contributed by atoms with Crippen LogP contribution in [0, 0.1) is 11.8 Å². The number of amides is 2. The summed E-state index contributed by atoms with van der Waals surface area (Å²) in [6, 6.07) is 2.02. The van der Waals surface area contributed by atoms with Crippen molar-refractivity contribution in [2.24, 2.45) is 11.8 Å². The van der Waals surface area contributed by atoms with Gasteiger partial charge in [-0.25, -0.2) is 0 Å². The molecule has 13 heteroatoms. The Morgan fingerprint density at radius 2 is 1.11 bits per heavy atom. The van der Waals surface area contributed by atoms with Gasteiger partial charge in [-0.1, -0.05) is 25.7 Å². The Labute approximate surface area is 315 Å². The molecule has 1 N–H and O–H groups in total. The van der Waals surface area contributed by atoms with E-state index in [0.29, 0.717) is 69.0 Å². The highest BCUT2D eigenvalue weighted by Crippen LogP contribution is 2.37. The monoisotopic (exact) mass is 744 g/mol. The quantitative estimate of drug-likeness (QED) is 0.383. The first-order valence-corrected chi connectivity index (χ1v) is 20.9. The average Bonchev–Trinajstić information content (AvgIpc) is 3.14. The lowest BCUT2D eigenvalue weighted by Gasteiger charge is -2.51. The van der Waals surface area contributed by atoms with E-state index in [-0.39, 0.29) is 54.1 Å². The van der Waals surface area contributed by atoms with Crippen LogP contribution in [0.3, 0.4) is 0 Å². The van der Waals surface area contributed by atoms with Gasteiger partial charge in [-0.15, -0.1) is 0 Å². The second-order valence-electron chi connectivity index (χ2n) is 16.2. The van der Waals surface area contributed by atoms with Gasteiger partial charge in [0.15, 0.2) is 0 Å². The van der Waals surface area contributed by atoms with Crippen molar-refractivity contribution in [3.05, 3.63) is 0 Å². The van der Waals surface area contributed by atoms with Crippen molar-refractivity contribution in [1.29, 1.82) is 0 Å². The molecule has 0 unspecified atom stereocenters. The highest BCUT2D eigenvalue weighted by molar-refractivity contribution is 5.94. The average molecular weight is 745 g/mol. The molecule has 298 valence electrons. The summed E-state index contributed by atoms with van der Waals surface area (Å²) in [5.74, 6) is 0.299. The first-order valence-electron chi connectivity index (χ1n) is 20.9. The van der Waals surface area contributed by atoms with Crippen molar-refractivity contribution >= 4 is 29.5 Å². The van der Waals surface area contributed by atoms with Crippen molar-refractivity contribution in [3.8, 4) is 0 Å². The maximum absolute atomic E-state index is 12.5. The van der Waals surface area contributed by atoms with Crippen LogP contribution in [0.2, 0.25) is 0 Å². The molecule has 4 heterocycles. The molecule has 8 rings (SSSR count). The predicted molar refractivity (Wildman–Crippen MR) is 196 cm³/mol. The first kappa shape index (κ1) is 40.1. The lowest BCUT2D eigenvalue weighted by atomic mass is 9.78. The van der Waals surface area contributed by atoms with Crippen LogP contribution in [0.1, 0.15) is 117 Å². The fourth-order valence-electron chi connectivity index (χ4n) is 9.87. The molecule has 8 aliphatic rings. The standard InChI is InChI=1S/C20H32N2O4.C13H22N2O2.C7H10O3/c1-2-25-20(24)14-11-16(12-14)21-9-7-15(8-10-21)22-17-5-3-4-6-18(17)26-13-19(22)23;16-13-9-17-12-4-2-1-3-11(12)15(13)10-5-7-14-8-6-10;1-2-10-7(9)5-3-6(8)4-5/h14-18H,2-13H2,1H3;10-12,14H,1-9H2;5H,2-4H2,1H3/t14?,16?,17-,18-;11-,12-;/m00./s1. The number of rotatable bonds is 7. The lowest BCUT2D eigenvalue weighted by Crippen LogP contribution is -2.61. The molecule has 4 aliphatic heterocycles. The second-order valence-corrected chi connectivity index (χ2v) is 16.2. The number of ketones is 1. The summed E-state index contributed by atoms with van der Waals surface area (Å²) in [6.07, 6.45) is 17.0. The van der Waals surface area contributed by atoms with Crippen molar-refractivity contribution in [3.63, 3.8) is 0 Å². The smallest absolute Gasteiger partial charge is 0.309 e. The Morgan fingerprint density at radius 1 is 0.642 bits per heavy atom. The molecule has 13 nitrogen and oxygen atoms in total. The molecule has 2 amide bonds. The largest absolute Gasteiger partial charge is 0.466 e. The molecule has 4 aliphatic carbocycles. The number of Topliss-reactive ketones (excluding diaryl/α,β-unsaturated/α-hetero) is 1. The van der Waals surface area contributed by atoms with Crippen LogP contribution in [-0.2, 0) is 42.9 Å². The summed E-state index contributed by atoms with van der Waals surface area (Å²) in [4.78, 5) is 64.6. The third-order valence-corrected chi connectivity index (χ3v) is 12.9. The van der Waals surface area contributed by atoms with Gasteiger partial charge in [0.05, 0.1) is 49.3 Å². The van der Waals surface area contributed by atoms with E-state index < -0.39 is 0 Å². The number of esters is 2. The Bertz CT molecular complexity index is 1250. The molecule has 0 spiro atoms. The third kappa shape index (κ3) is 9.99. The van der Waals surface area contributed by atoms with Gasteiger partial charge >= 0.3 is 11.9 Å². The van der Waals surface area contributed by atoms with E-state index >= 15 is 0 Å². The Balaban J connectivity index is 0.000000152. The van der Waals surface area contributed by atoms with E-state index in [1.807, 2.05) is 6.92 Å². The number of carbonyl (C=O) groups excluding carboxylic acids is 5. The zero-order valence-corrected chi connectivity index (χ0v) is 32.2. The summed E-state index contributed by atoms with van der Waals surface area (Å²) in [6.45, 7) is 9.25. The molecule has 4 saturated heterocycles. The van der Waals surface area contributed by atoms with E-state index in [1.54, 1.807) is 6.92 Å². The van der Waals surface area contributed by atoms with Crippen molar-refractivity contribution in [2.45, 2.75) is 159 Å². The normalized spacial score (nSPS) is 32.8. The summed E-state index contributed by atoms with van der Waals surface area (Å²) in [5.41, 5.74) is 0. The molecule has 53 heavy (non-hydrogen) atoms. The Hall–Kier alpha value is -2.61. The summed E-state index contributed by atoms with van der Waals surface area (Å²) < 4.78 is 21.3. The van der Waals surface area contributed by atoms with Crippen LogP contribution in [0.25, 0.3) is 0 Å². The SMILES string of the molecule is CCOC(=O)C1CC(=O)C1.CCOC(=O)C1CC(N2CCC(N3C(=O)CO[C@H]4CCCC[C@@H]43)CC2)C1.O=C1CO[C@H]2CCCC[C@@H]2N1C1CCNCC1. The fraction of sp³-hybridized carbons (Fsp3) is 0.875. The Kier molecular flexibility index (Phi) is 14.6. The van der Waals surface area contributed by atoms with E-state index in [2.05, 4.69) is 20.0 Å². The topological polar surface area (TPSA) is 144 Å². The van der Waals surface area contributed by atoms with Gasteiger partial charge in [0.2, 0.25) is 11.8 Å². The molecular formula is C40H64N4O9. The van der Waals surface area contributed by atoms with Gasteiger partial charge < -0.3 is 39.0 Å². The minimum atomic E-state index is -0.220. The lowest BCUT2D eigenvalue weighted by molar-refractivity contribution is -0.168. The maximum atomic E-state index is 12.5. The minimum Gasteiger partial charge on any atom is -0.466 e. The third-order valence-electron chi connectivity index (χ3n) is 12.9. The molecular weight excluding hydrogens is 680 g/mol. The molecule has 0 aromatic carbocycles. The summed E-state index contributed by atoms with van der Waals surface area (Å²) >= 11 is 0. The number of ether oxygens (including phenoxy) is 4. The molecule has 0 bridgehead atoms. The number of hydrogen-bond donors (Lipinski definition) is 1. The number of morpholine rings is 2. The summed E-state index contributed by atoms with van der Waals surface area (Å²) in [5, 5.41) is 3.37. The van der Waals surface area contributed by atoms with Crippen LogP contribution in [0.15, 0.2) is 0 Å². The van der Waals surface area contributed by atoms with Gasteiger partial charge in [-0.2, -0.15) is 0 Å². The molecule has 0 aromatic rings. The highest BCUT2D eigenvalue weighted by Gasteiger charge is 2.45. The van der Waals surface area contributed by atoms with Gasteiger partial charge in [-0.3, -0.25) is 24.0 Å². The van der Waals surface area contributed by atoms with Crippen molar-refractivity contribution in [1.82, 2.24) is 20.0 Å². The first-order chi connectivity index (χ1) is 25.8. The number of carbonyl (C=O) groups is 5. The van der Waals surface area contributed by atoms with Gasteiger partial charge in [0.25, 0.3) is 0 Å². The number of fused-ring (bicyclic) bond motifs is 2. The van der Waals surface area contributed by atoms with Crippen molar-refractivity contribution < 1.29 is 42.9 Å². The number of piperidine rings is 2. The second kappa shape index (κ2) is 19.3. The Morgan fingerprint density at radius 3 is 1.60 bits per heavy atom. The van der Waals surface area contributed by atoms with Crippen LogP contribution < -0.4 is 5.32 Å². The molecule has 0 aromatic heterocycles. The maximum Gasteiger partial charge on any atom is 0.309 e. The molecule has 4 saturated carbocycles. The molecule has 4 atom stereocenters. The minimum absolute atomic E-state index is 0.0270. The van der Waals surface area contributed by atoms with E-state index in [9.17, 15) is 24.0 Å². The van der Waals surface area contributed by atoms with Gasteiger partial charge in [0.1, 0.15) is 19.0 Å². The summed E-state index contributed by atoms with van der Waals surface area (Å²) in [7, 11) is 0.